The van der Waals surface area contributed by atoms with Crippen LogP contribution in [0.2, 0.25) is 0 Å². The summed E-state index contributed by atoms with van der Waals surface area (Å²) >= 11 is 0. The molecule has 0 saturated heterocycles. The molecule has 0 amide bonds. The van der Waals surface area contributed by atoms with Crippen molar-refractivity contribution in [3.05, 3.63) is 65.4 Å². The second-order valence-electron chi connectivity index (χ2n) is 6.69. The smallest absolute Gasteiger partial charge is 0.252 e. The molecular weight excluding hydrogens is 310 g/mol. The van der Waals surface area contributed by atoms with Crippen molar-refractivity contribution in [3.8, 4) is 0 Å². The van der Waals surface area contributed by atoms with E-state index < -0.39 is 0 Å². The highest BCUT2D eigenvalue weighted by Gasteiger charge is 2.29. The molecule has 126 valence electrons. The SMILES string of the molecule is Cc1cc(C)cc(Nc2cnnc(N3c4ccccc4CC3C)n2)c1. The Kier molecular flexibility index (Phi) is 3.84. The summed E-state index contributed by atoms with van der Waals surface area (Å²) in [5.74, 6) is 1.33. The zero-order valence-electron chi connectivity index (χ0n) is 14.7. The largest absolute Gasteiger partial charge is 0.339 e. The molecule has 25 heavy (non-hydrogen) atoms. The standard InChI is InChI=1S/C20H21N5/c1-13-8-14(2)10-17(9-13)22-19-12-21-24-20(23-19)25-15(3)11-16-6-4-5-7-18(16)25/h4-10,12,15H,11H2,1-3H3,(H,22,23,24). The van der Waals surface area contributed by atoms with Crippen molar-refractivity contribution in [2.45, 2.75) is 33.2 Å². The fourth-order valence-electron chi connectivity index (χ4n) is 3.52. The Labute approximate surface area is 147 Å². The van der Waals surface area contributed by atoms with Crippen molar-refractivity contribution in [2.75, 3.05) is 10.2 Å². The molecule has 2 heterocycles. The Hall–Kier alpha value is -2.95. The maximum Gasteiger partial charge on any atom is 0.252 e. The molecule has 1 unspecified atom stereocenters. The molecule has 0 aliphatic carbocycles. The van der Waals surface area contributed by atoms with Crippen LogP contribution in [0.25, 0.3) is 0 Å². The van der Waals surface area contributed by atoms with Crippen LogP contribution < -0.4 is 10.2 Å². The molecule has 0 spiro atoms. The third kappa shape index (κ3) is 3.05. The van der Waals surface area contributed by atoms with Gasteiger partial charge in [-0.3, -0.25) is 0 Å². The minimum absolute atomic E-state index is 0.315. The van der Waals surface area contributed by atoms with Crippen molar-refractivity contribution in [1.29, 1.82) is 0 Å². The highest BCUT2D eigenvalue weighted by molar-refractivity contribution is 5.68. The van der Waals surface area contributed by atoms with Crippen LogP contribution in [0.15, 0.2) is 48.7 Å². The highest BCUT2D eigenvalue weighted by atomic mass is 15.4. The summed E-state index contributed by atoms with van der Waals surface area (Å²) < 4.78 is 0. The van der Waals surface area contributed by atoms with Gasteiger partial charge in [0.05, 0.1) is 6.20 Å². The van der Waals surface area contributed by atoms with E-state index >= 15 is 0 Å². The maximum absolute atomic E-state index is 4.70. The number of fused-ring (bicyclic) bond motifs is 1. The third-order valence-electron chi connectivity index (χ3n) is 4.46. The number of aromatic nitrogens is 3. The Morgan fingerprint density at radius 3 is 2.64 bits per heavy atom. The van der Waals surface area contributed by atoms with Crippen LogP contribution >= 0.6 is 0 Å². The molecule has 0 fully saturated rings. The number of anilines is 4. The first-order valence-corrected chi connectivity index (χ1v) is 8.52. The summed E-state index contributed by atoms with van der Waals surface area (Å²) in [4.78, 5) is 6.86. The van der Waals surface area contributed by atoms with Gasteiger partial charge in [-0.15, -0.1) is 5.10 Å². The Bertz CT molecular complexity index is 901. The lowest BCUT2D eigenvalue weighted by atomic mass is 10.1. The zero-order chi connectivity index (χ0) is 17.4. The number of benzene rings is 2. The number of aryl methyl sites for hydroxylation is 2. The van der Waals surface area contributed by atoms with E-state index in [1.807, 2.05) is 0 Å². The number of rotatable bonds is 3. The van der Waals surface area contributed by atoms with Crippen molar-refractivity contribution < 1.29 is 0 Å². The average Bonchev–Trinajstić information content (AvgIpc) is 2.90. The van der Waals surface area contributed by atoms with Crippen molar-refractivity contribution in [2.24, 2.45) is 0 Å². The highest BCUT2D eigenvalue weighted by Crippen LogP contribution is 2.36. The number of para-hydroxylation sites is 1. The molecule has 0 radical (unpaired) electrons. The Balaban J connectivity index is 1.66. The van der Waals surface area contributed by atoms with Crippen molar-refractivity contribution >= 4 is 23.1 Å². The second-order valence-corrected chi connectivity index (χ2v) is 6.69. The monoisotopic (exact) mass is 331 g/mol. The van der Waals surface area contributed by atoms with Gasteiger partial charge in [0.25, 0.3) is 5.95 Å². The van der Waals surface area contributed by atoms with E-state index in [1.54, 1.807) is 6.20 Å². The van der Waals surface area contributed by atoms with Gasteiger partial charge in [-0.2, -0.15) is 10.1 Å². The Morgan fingerprint density at radius 1 is 1.08 bits per heavy atom. The van der Waals surface area contributed by atoms with Gasteiger partial charge in [-0.05, 0) is 62.1 Å². The predicted molar refractivity (Wildman–Crippen MR) is 101 cm³/mol. The molecule has 1 aromatic heterocycles. The molecule has 0 bridgehead atoms. The molecular formula is C20H21N5. The van der Waals surface area contributed by atoms with Gasteiger partial charge in [0.2, 0.25) is 0 Å². The zero-order valence-corrected chi connectivity index (χ0v) is 14.7. The van der Waals surface area contributed by atoms with Crippen LogP contribution in [0.1, 0.15) is 23.6 Å². The lowest BCUT2D eigenvalue weighted by Gasteiger charge is -2.22. The number of hydrogen-bond donors (Lipinski definition) is 1. The minimum atomic E-state index is 0.315. The van der Waals surface area contributed by atoms with E-state index in [0.717, 1.165) is 12.1 Å². The van der Waals surface area contributed by atoms with E-state index in [1.165, 1.54) is 22.4 Å². The molecule has 1 N–H and O–H groups in total. The van der Waals surface area contributed by atoms with Crippen LogP contribution in [-0.4, -0.2) is 21.2 Å². The van der Waals surface area contributed by atoms with Gasteiger partial charge in [-0.25, -0.2) is 0 Å². The summed E-state index contributed by atoms with van der Waals surface area (Å²) in [7, 11) is 0. The van der Waals surface area contributed by atoms with Crippen LogP contribution in [0, 0.1) is 13.8 Å². The molecule has 5 nitrogen and oxygen atoms in total. The van der Waals surface area contributed by atoms with E-state index in [9.17, 15) is 0 Å². The van der Waals surface area contributed by atoms with Gasteiger partial charge in [0, 0.05) is 17.4 Å². The van der Waals surface area contributed by atoms with E-state index in [2.05, 4.69) is 83.6 Å². The van der Waals surface area contributed by atoms with Gasteiger partial charge in [0.1, 0.15) is 0 Å². The van der Waals surface area contributed by atoms with Gasteiger partial charge >= 0.3 is 0 Å². The van der Waals surface area contributed by atoms with Crippen LogP contribution in [-0.2, 0) is 6.42 Å². The molecule has 1 atom stereocenters. The fourth-order valence-corrected chi connectivity index (χ4v) is 3.52. The first kappa shape index (κ1) is 15.6. The third-order valence-corrected chi connectivity index (χ3v) is 4.46. The summed E-state index contributed by atoms with van der Waals surface area (Å²) in [5, 5.41) is 11.8. The minimum Gasteiger partial charge on any atom is -0.339 e. The second kappa shape index (κ2) is 6.16. The van der Waals surface area contributed by atoms with Gasteiger partial charge in [-0.1, -0.05) is 24.3 Å². The van der Waals surface area contributed by atoms with Crippen LogP contribution in [0.5, 0.6) is 0 Å². The van der Waals surface area contributed by atoms with Crippen LogP contribution in [0.3, 0.4) is 0 Å². The molecule has 1 aliphatic rings. The van der Waals surface area contributed by atoms with E-state index in [4.69, 9.17) is 4.98 Å². The maximum atomic E-state index is 4.70. The molecule has 2 aromatic carbocycles. The fraction of sp³-hybridized carbons (Fsp3) is 0.250. The predicted octanol–water partition coefficient (Wildman–Crippen LogP) is 4.31. The molecule has 0 saturated carbocycles. The Morgan fingerprint density at radius 2 is 1.84 bits per heavy atom. The van der Waals surface area contributed by atoms with Crippen LogP contribution in [0.4, 0.5) is 23.1 Å². The normalized spacial score (nSPS) is 16.0. The molecule has 3 aromatic rings. The molecule has 5 heteroatoms. The summed E-state index contributed by atoms with van der Waals surface area (Å²) in [6, 6.07) is 15.1. The van der Waals surface area contributed by atoms with Crippen molar-refractivity contribution in [1.82, 2.24) is 15.2 Å². The summed E-state index contributed by atoms with van der Waals surface area (Å²) in [5.41, 5.74) is 5.93. The number of nitrogens with zero attached hydrogens (tertiary/aromatic N) is 4. The van der Waals surface area contributed by atoms with E-state index in [-0.39, 0.29) is 0 Å². The topological polar surface area (TPSA) is 53.9 Å². The van der Waals surface area contributed by atoms with Gasteiger partial charge in [0.15, 0.2) is 5.82 Å². The van der Waals surface area contributed by atoms with Crippen molar-refractivity contribution in [3.63, 3.8) is 0 Å². The summed E-state index contributed by atoms with van der Waals surface area (Å²) in [6.45, 7) is 6.36. The quantitative estimate of drug-likeness (QED) is 0.775. The number of nitrogens with one attached hydrogen (secondary N) is 1. The average molecular weight is 331 g/mol. The van der Waals surface area contributed by atoms with Gasteiger partial charge < -0.3 is 10.2 Å². The molecule has 4 rings (SSSR count). The first-order chi connectivity index (χ1) is 12.1. The first-order valence-electron chi connectivity index (χ1n) is 8.52. The summed E-state index contributed by atoms with van der Waals surface area (Å²) in [6.07, 6.45) is 2.65. The lowest BCUT2D eigenvalue weighted by Crippen LogP contribution is -2.26. The molecule has 1 aliphatic heterocycles. The number of hydrogen-bond acceptors (Lipinski definition) is 5. The lowest BCUT2D eigenvalue weighted by molar-refractivity contribution is 0.730. The van der Waals surface area contributed by atoms with E-state index in [0.29, 0.717) is 17.8 Å².